The minimum Gasteiger partial charge on any atom is -0.469 e. The zero-order chi connectivity index (χ0) is 21.8. The molecule has 0 saturated carbocycles. The molecule has 2 heterocycles. The fourth-order valence-corrected chi connectivity index (χ4v) is 3.53. The van der Waals surface area contributed by atoms with Crippen LogP contribution in [0.15, 0.2) is 52.8 Å². The normalized spacial score (nSPS) is 11.8. The van der Waals surface area contributed by atoms with Gasteiger partial charge >= 0.3 is 5.69 Å². The Kier molecular flexibility index (Phi) is 6.31. The molecular formula is C19H18FN5O4S. The van der Waals surface area contributed by atoms with Crippen LogP contribution in [0.5, 0.6) is 0 Å². The van der Waals surface area contributed by atoms with Gasteiger partial charge in [0.05, 0.1) is 22.0 Å². The number of hydrogen-bond acceptors (Lipinski definition) is 7. The van der Waals surface area contributed by atoms with Crippen molar-refractivity contribution in [2.75, 3.05) is 5.32 Å². The first-order valence-electron chi connectivity index (χ1n) is 8.81. The Labute approximate surface area is 175 Å². The Balaban J connectivity index is 1.78. The first kappa shape index (κ1) is 21.2. The number of nitrogens with zero attached hydrogens (tertiary/aromatic N) is 4. The van der Waals surface area contributed by atoms with Crippen LogP contribution in [0.3, 0.4) is 0 Å². The number of anilines is 1. The van der Waals surface area contributed by atoms with Gasteiger partial charge in [0.15, 0.2) is 11.0 Å². The quantitative estimate of drug-likeness (QED) is 0.246. The highest BCUT2D eigenvalue weighted by Gasteiger charge is 2.23. The lowest BCUT2D eigenvalue weighted by atomic mass is 10.2. The molecule has 1 amide bonds. The minimum atomic E-state index is -0.972. The van der Waals surface area contributed by atoms with E-state index in [0.29, 0.717) is 23.3 Å². The SMILES string of the molecule is C=CCn1c(SC(C)C(=O)Nc2ccc(F)c([N+](=O)[O-])c2)nnc1-c1ccoc1C. The summed E-state index contributed by atoms with van der Waals surface area (Å²) in [5.74, 6) is -0.117. The third-order valence-corrected chi connectivity index (χ3v) is 5.27. The average Bonchev–Trinajstić information content (AvgIpc) is 3.29. The van der Waals surface area contributed by atoms with E-state index < -0.39 is 27.6 Å². The number of nitrogens with one attached hydrogen (secondary N) is 1. The van der Waals surface area contributed by atoms with Gasteiger partial charge in [-0.1, -0.05) is 17.8 Å². The van der Waals surface area contributed by atoms with Crippen molar-refractivity contribution < 1.29 is 18.5 Å². The summed E-state index contributed by atoms with van der Waals surface area (Å²) in [7, 11) is 0. The Morgan fingerprint density at radius 3 is 2.87 bits per heavy atom. The van der Waals surface area contributed by atoms with Gasteiger partial charge in [0.2, 0.25) is 11.7 Å². The first-order chi connectivity index (χ1) is 14.3. The molecule has 9 nitrogen and oxygen atoms in total. The predicted octanol–water partition coefficient (Wildman–Crippen LogP) is 4.20. The third-order valence-electron chi connectivity index (χ3n) is 4.19. The van der Waals surface area contributed by atoms with E-state index in [0.717, 1.165) is 17.7 Å². The number of carbonyl (C=O) groups is 1. The maximum atomic E-state index is 13.5. The molecule has 30 heavy (non-hydrogen) atoms. The molecule has 11 heteroatoms. The number of carbonyl (C=O) groups excluding carboxylic acids is 1. The van der Waals surface area contributed by atoms with E-state index in [2.05, 4.69) is 22.1 Å². The van der Waals surface area contributed by atoms with Crippen molar-refractivity contribution in [1.82, 2.24) is 14.8 Å². The van der Waals surface area contributed by atoms with Crippen molar-refractivity contribution in [3.63, 3.8) is 0 Å². The fourth-order valence-electron chi connectivity index (χ4n) is 2.67. The molecule has 0 aliphatic carbocycles. The lowest BCUT2D eigenvalue weighted by Crippen LogP contribution is -2.23. The first-order valence-corrected chi connectivity index (χ1v) is 9.69. The highest BCUT2D eigenvalue weighted by atomic mass is 32.2. The van der Waals surface area contributed by atoms with Crippen molar-refractivity contribution in [3.05, 3.63) is 64.9 Å². The van der Waals surface area contributed by atoms with Crippen LogP contribution in [-0.4, -0.2) is 30.8 Å². The number of furan rings is 1. The Bertz CT molecular complexity index is 1110. The van der Waals surface area contributed by atoms with Crippen molar-refractivity contribution in [2.45, 2.75) is 30.8 Å². The molecule has 0 aliphatic heterocycles. The monoisotopic (exact) mass is 431 g/mol. The molecule has 156 valence electrons. The molecule has 0 radical (unpaired) electrons. The van der Waals surface area contributed by atoms with Crippen LogP contribution >= 0.6 is 11.8 Å². The van der Waals surface area contributed by atoms with Gasteiger partial charge < -0.3 is 9.73 Å². The van der Waals surface area contributed by atoms with Crippen LogP contribution in [0.4, 0.5) is 15.8 Å². The number of aryl methyl sites for hydroxylation is 1. The lowest BCUT2D eigenvalue weighted by Gasteiger charge is -2.13. The number of nitro groups is 1. The van der Waals surface area contributed by atoms with E-state index in [1.165, 1.54) is 17.8 Å². The topological polar surface area (TPSA) is 116 Å². The zero-order valence-corrected chi connectivity index (χ0v) is 17.0. The van der Waals surface area contributed by atoms with Gasteiger partial charge in [0, 0.05) is 18.3 Å². The zero-order valence-electron chi connectivity index (χ0n) is 16.2. The molecule has 1 N–H and O–H groups in total. The van der Waals surface area contributed by atoms with Gasteiger partial charge in [-0.3, -0.25) is 19.5 Å². The van der Waals surface area contributed by atoms with E-state index >= 15 is 0 Å². The van der Waals surface area contributed by atoms with E-state index in [1.54, 1.807) is 25.3 Å². The standard InChI is InChI=1S/C19H18FN5O4S/c1-4-8-24-17(14-7-9-29-11(14)2)22-23-19(24)30-12(3)18(26)21-13-5-6-15(20)16(10-13)25(27)28/h4-7,9-10,12H,1,8H2,2-3H3,(H,21,26). The molecule has 0 bridgehead atoms. The van der Waals surface area contributed by atoms with Gasteiger partial charge in [0.1, 0.15) is 5.76 Å². The molecule has 3 aromatic rings. The maximum absolute atomic E-state index is 13.5. The van der Waals surface area contributed by atoms with Crippen molar-refractivity contribution >= 4 is 29.0 Å². The smallest absolute Gasteiger partial charge is 0.306 e. The molecule has 3 rings (SSSR count). The molecule has 0 aliphatic rings. The number of allylic oxidation sites excluding steroid dienone is 1. The summed E-state index contributed by atoms with van der Waals surface area (Å²) in [5.41, 5.74) is 0.203. The number of aromatic nitrogens is 3. The van der Waals surface area contributed by atoms with E-state index in [4.69, 9.17) is 4.42 Å². The van der Waals surface area contributed by atoms with Crippen LogP contribution in [0.1, 0.15) is 12.7 Å². The summed E-state index contributed by atoms with van der Waals surface area (Å²) in [4.78, 5) is 22.6. The summed E-state index contributed by atoms with van der Waals surface area (Å²) in [6, 6.07) is 4.96. The Morgan fingerprint density at radius 2 is 2.23 bits per heavy atom. The number of rotatable bonds is 8. The Hall–Kier alpha value is -3.47. The molecule has 1 unspecified atom stereocenters. The maximum Gasteiger partial charge on any atom is 0.306 e. The fraction of sp³-hybridized carbons (Fsp3) is 0.211. The molecule has 2 aromatic heterocycles. The number of thioether (sulfide) groups is 1. The number of hydrogen-bond donors (Lipinski definition) is 1. The highest BCUT2D eigenvalue weighted by molar-refractivity contribution is 8.00. The van der Waals surface area contributed by atoms with Gasteiger partial charge in [-0.25, -0.2) is 0 Å². The van der Waals surface area contributed by atoms with E-state index in [9.17, 15) is 19.3 Å². The third kappa shape index (κ3) is 4.40. The number of benzene rings is 1. The van der Waals surface area contributed by atoms with Crippen LogP contribution < -0.4 is 5.32 Å². The summed E-state index contributed by atoms with van der Waals surface area (Å²) in [6.45, 7) is 7.64. The molecule has 0 fully saturated rings. The molecule has 1 aromatic carbocycles. The van der Waals surface area contributed by atoms with Gasteiger partial charge in [-0.2, -0.15) is 4.39 Å². The van der Waals surface area contributed by atoms with E-state index in [1.807, 2.05) is 11.5 Å². The van der Waals surface area contributed by atoms with Crippen molar-refractivity contribution in [2.24, 2.45) is 0 Å². The number of nitro benzene ring substituents is 1. The summed E-state index contributed by atoms with van der Waals surface area (Å²) < 4.78 is 20.6. The molecular weight excluding hydrogens is 413 g/mol. The van der Waals surface area contributed by atoms with E-state index in [-0.39, 0.29) is 5.69 Å². The van der Waals surface area contributed by atoms with Crippen LogP contribution in [0, 0.1) is 22.9 Å². The van der Waals surface area contributed by atoms with Crippen LogP contribution in [-0.2, 0) is 11.3 Å². The second-order valence-electron chi connectivity index (χ2n) is 6.27. The predicted molar refractivity (Wildman–Crippen MR) is 110 cm³/mol. The largest absolute Gasteiger partial charge is 0.469 e. The van der Waals surface area contributed by atoms with Crippen molar-refractivity contribution in [1.29, 1.82) is 0 Å². The van der Waals surface area contributed by atoms with Gasteiger partial charge in [0.25, 0.3) is 0 Å². The van der Waals surface area contributed by atoms with Crippen LogP contribution in [0.25, 0.3) is 11.4 Å². The molecule has 0 saturated heterocycles. The van der Waals surface area contributed by atoms with Gasteiger partial charge in [-0.05, 0) is 32.0 Å². The second-order valence-corrected chi connectivity index (χ2v) is 7.58. The van der Waals surface area contributed by atoms with Gasteiger partial charge in [-0.15, -0.1) is 16.8 Å². The highest BCUT2D eigenvalue weighted by Crippen LogP contribution is 2.30. The Morgan fingerprint density at radius 1 is 1.47 bits per heavy atom. The molecule has 0 spiro atoms. The lowest BCUT2D eigenvalue weighted by molar-refractivity contribution is -0.387. The summed E-state index contributed by atoms with van der Waals surface area (Å²) in [6.07, 6.45) is 3.25. The molecule has 1 atom stereocenters. The summed E-state index contributed by atoms with van der Waals surface area (Å²) in [5, 5.41) is 21.7. The average molecular weight is 431 g/mol. The number of halogens is 1. The van der Waals surface area contributed by atoms with Crippen molar-refractivity contribution in [3.8, 4) is 11.4 Å². The minimum absolute atomic E-state index is 0.128. The number of amides is 1. The van der Waals surface area contributed by atoms with Crippen LogP contribution in [0.2, 0.25) is 0 Å². The second kappa shape index (κ2) is 8.91. The summed E-state index contributed by atoms with van der Waals surface area (Å²) >= 11 is 1.17.